The summed E-state index contributed by atoms with van der Waals surface area (Å²) >= 11 is 6.47. The number of fused-ring (bicyclic) bond motifs is 1. The molecule has 0 bridgehead atoms. The average Bonchev–Trinajstić information content (AvgIpc) is 3.59. The van der Waals surface area contributed by atoms with E-state index in [1.807, 2.05) is 25.1 Å². The minimum absolute atomic E-state index is 0.129. The molecule has 0 radical (unpaired) electrons. The van der Waals surface area contributed by atoms with Gasteiger partial charge in [0.05, 0.1) is 36.8 Å². The van der Waals surface area contributed by atoms with Crippen molar-refractivity contribution < 1.29 is 23.2 Å². The van der Waals surface area contributed by atoms with Crippen molar-refractivity contribution in [2.45, 2.75) is 109 Å². The summed E-state index contributed by atoms with van der Waals surface area (Å²) in [6.07, 6.45) is 9.64. The molecule has 1 N–H and O–H groups in total. The summed E-state index contributed by atoms with van der Waals surface area (Å²) in [5, 5.41) is 0.630. The molecule has 0 aromatic heterocycles. The number of carbonyl (C=O) groups excluding carboxylic acids is 1. The average molecular weight is 728 g/mol. The summed E-state index contributed by atoms with van der Waals surface area (Å²) in [7, 11) is -1.47. The summed E-state index contributed by atoms with van der Waals surface area (Å²) in [4.78, 5) is 18.5. The first-order chi connectivity index (χ1) is 24.2. The van der Waals surface area contributed by atoms with Crippen molar-refractivity contribution in [3.63, 3.8) is 0 Å². The van der Waals surface area contributed by atoms with Gasteiger partial charge >= 0.3 is 0 Å². The summed E-state index contributed by atoms with van der Waals surface area (Å²) < 4.78 is 35.1. The number of hydrogen-bond acceptors (Lipinski definition) is 7. The van der Waals surface area contributed by atoms with E-state index >= 15 is 0 Å². The molecule has 50 heavy (non-hydrogen) atoms. The molecule has 2 saturated heterocycles. The zero-order valence-electron chi connectivity index (χ0n) is 30.5. The number of amides is 1. The highest BCUT2D eigenvalue weighted by Crippen LogP contribution is 2.43. The second kappa shape index (κ2) is 17.6. The first kappa shape index (κ1) is 37.6. The molecule has 6 atom stereocenters. The molecule has 6 rings (SSSR count). The van der Waals surface area contributed by atoms with Gasteiger partial charge in [-0.1, -0.05) is 51.3 Å². The summed E-state index contributed by atoms with van der Waals surface area (Å²) in [6, 6.07) is 12.3. The number of ether oxygens (including phenoxy) is 3. The van der Waals surface area contributed by atoms with Gasteiger partial charge in [-0.15, -0.1) is 0 Å². The lowest BCUT2D eigenvalue weighted by Crippen LogP contribution is -2.47. The molecule has 4 aliphatic rings. The van der Waals surface area contributed by atoms with Crippen molar-refractivity contribution in [3.8, 4) is 5.75 Å². The fraction of sp³-hybridized carbons (Fsp3) is 0.675. The number of nitrogens with one attached hydrogen (secondary N) is 1. The Balaban J connectivity index is 1.19. The van der Waals surface area contributed by atoms with Crippen LogP contribution in [0, 0.1) is 17.8 Å². The molecule has 2 aromatic rings. The van der Waals surface area contributed by atoms with E-state index in [-0.39, 0.29) is 29.3 Å². The third-order valence-corrected chi connectivity index (χ3v) is 13.5. The third kappa shape index (κ3) is 9.06. The zero-order valence-corrected chi connectivity index (χ0v) is 32.1. The number of hydrogen-bond donors (Lipinski definition) is 1. The number of halogens is 1. The largest absolute Gasteiger partial charge is 0.491 e. The van der Waals surface area contributed by atoms with Crippen LogP contribution in [0.15, 0.2) is 36.4 Å². The molecule has 10 heteroatoms. The Kier molecular flexibility index (Phi) is 13.2. The highest BCUT2D eigenvalue weighted by molar-refractivity contribution is 7.84. The van der Waals surface area contributed by atoms with Gasteiger partial charge in [0.25, 0.3) is 5.91 Å². The van der Waals surface area contributed by atoms with Crippen molar-refractivity contribution in [1.29, 1.82) is 0 Å². The van der Waals surface area contributed by atoms with Crippen LogP contribution in [-0.4, -0.2) is 78.6 Å². The molecule has 3 fully saturated rings. The van der Waals surface area contributed by atoms with Gasteiger partial charge in [-0.05, 0) is 118 Å². The lowest BCUT2D eigenvalue weighted by Gasteiger charge is -2.43. The Labute approximate surface area is 307 Å². The fourth-order valence-corrected chi connectivity index (χ4v) is 9.54. The van der Waals surface area contributed by atoms with Crippen molar-refractivity contribution in [2.24, 2.45) is 17.8 Å². The Hall–Kier alpha value is -2.17. The van der Waals surface area contributed by atoms with E-state index in [4.69, 9.17) is 25.8 Å². The Morgan fingerprint density at radius 1 is 1.00 bits per heavy atom. The van der Waals surface area contributed by atoms with E-state index in [0.29, 0.717) is 30.0 Å². The second-order valence-electron chi connectivity index (χ2n) is 15.2. The van der Waals surface area contributed by atoms with Crippen LogP contribution in [0.1, 0.15) is 106 Å². The van der Waals surface area contributed by atoms with E-state index in [9.17, 15) is 9.00 Å². The lowest BCUT2D eigenvalue weighted by atomic mass is 9.71. The molecule has 1 aliphatic carbocycles. The molecule has 3 aliphatic heterocycles. The standard InChI is InChI=1S/C40H58ClN3O5S/c1-5-9-27(3)28(4)50(46)42-40(45)31-13-16-38-37(20-31)44(23-33(24-47-38)36-15-14-34(41)19-30(36)10-6-2)22-32-12-11-29(32)21-39-48-25-35(26-49-39)43-17-7-8-18-43/h13-16,19-20,27-29,32-33,35,39H,5-12,17-18,21-26H2,1-4H3,(H,42,45). The van der Waals surface area contributed by atoms with Crippen LogP contribution >= 0.6 is 11.6 Å². The quantitative estimate of drug-likeness (QED) is 0.213. The topological polar surface area (TPSA) is 80.3 Å². The maximum atomic E-state index is 13.5. The Morgan fingerprint density at radius 2 is 1.76 bits per heavy atom. The monoisotopic (exact) mass is 727 g/mol. The number of nitrogens with zero attached hydrogens (tertiary/aromatic N) is 2. The van der Waals surface area contributed by atoms with Gasteiger partial charge in [-0.25, -0.2) is 4.21 Å². The summed E-state index contributed by atoms with van der Waals surface area (Å²) in [5.41, 5.74) is 3.97. The molecular weight excluding hydrogens is 670 g/mol. The minimum Gasteiger partial charge on any atom is -0.491 e. The summed E-state index contributed by atoms with van der Waals surface area (Å²) in [5.74, 6) is 1.86. The van der Waals surface area contributed by atoms with Gasteiger partial charge < -0.3 is 19.1 Å². The lowest BCUT2D eigenvalue weighted by molar-refractivity contribution is -0.214. The van der Waals surface area contributed by atoms with Crippen LogP contribution < -0.4 is 14.4 Å². The third-order valence-electron chi connectivity index (χ3n) is 11.7. The number of rotatable bonds is 14. The van der Waals surface area contributed by atoms with Gasteiger partial charge in [0.15, 0.2) is 6.29 Å². The van der Waals surface area contributed by atoms with Crippen LogP contribution in [0.25, 0.3) is 0 Å². The number of aryl methyl sites for hydroxylation is 1. The molecule has 276 valence electrons. The summed E-state index contributed by atoms with van der Waals surface area (Å²) in [6.45, 7) is 14.4. The highest BCUT2D eigenvalue weighted by atomic mass is 35.5. The van der Waals surface area contributed by atoms with Gasteiger partial charge in [0, 0.05) is 36.0 Å². The predicted octanol–water partition coefficient (Wildman–Crippen LogP) is 7.75. The molecule has 2 aromatic carbocycles. The van der Waals surface area contributed by atoms with Gasteiger partial charge in [0.2, 0.25) is 0 Å². The number of carbonyl (C=O) groups is 1. The number of anilines is 1. The van der Waals surface area contributed by atoms with Crippen LogP contribution in [0.4, 0.5) is 5.69 Å². The number of likely N-dealkylation sites (tertiary alicyclic amines) is 1. The van der Waals surface area contributed by atoms with Crippen molar-refractivity contribution in [1.82, 2.24) is 9.62 Å². The van der Waals surface area contributed by atoms with Crippen LogP contribution in [0.2, 0.25) is 5.02 Å². The van der Waals surface area contributed by atoms with E-state index in [2.05, 4.69) is 47.4 Å². The van der Waals surface area contributed by atoms with Crippen molar-refractivity contribution in [3.05, 3.63) is 58.1 Å². The SMILES string of the molecule is CCCc1cc(Cl)ccc1C1COc2ccc(C(=O)NS(=O)C(C)C(C)CCC)cc2N(CC2CCC2CC2OCC(N3CCCC3)CO2)C1. The maximum absolute atomic E-state index is 13.5. The van der Waals surface area contributed by atoms with Gasteiger partial charge in [-0.3, -0.25) is 14.4 Å². The van der Waals surface area contributed by atoms with Crippen LogP contribution in [0.3, 0.4) is 0 Å². The van der Waals surface area contributed by atoms with Gasteiger partial charge in [-0.2, -0.15) is 0 Å². The number of benzene rings is 2. The zero-order chi connectivity index (χ0) is 35.2. The fourth-order valence-electron chi connectivity index (χ4n) is 8.30. The minimum atomic E-state index is -1.47. The Bertz CT molecular complexity index is 1460. The smallest absolute Gasteiger partial charge is 0.263 e. The second-order valence-corrected chi connectivity index (χ2v) is 17.2. The van der Waals surface area contributed by atoms with E-state index in [1.54, 1.807) is 6.07 Å². The predicted molar refractivity (Wildman–Crippen MR) is 203 cm³/mol. The molecule has 6 unspecified atom stereocenters. The molecule has 3 heterocycles. The van der Waals surface area contributed by atoms with Crippen LogP contribution in [-0.2, 0) is 26.9 Å². The molecule has 0 spiro atoms. The molecule has 1 amide bonds. The molecule has 8 nitrogen and oxygen atoms in total. The molecular formula is C40H58ClN3O5S. The van der Waals surface area contributed by atoms with Crippen molar-refractivity contribution in [2.75, 3.05) is 50.9 Å². The van der Waals surface area contributed by atoms with E-state index in [0.717, 1.165) is 94.4 Å². The van der Waals surface area contributed by atoms with Crippen molar-refractivity contribution >= 4 is 34.2 Å². The molecule has 1 saturated carbocycles. The highest BCUT2D eigenvalue weighted by Gasteiger charge is 2.38. The van der Waals surface area contributed by atoms with E-state index < -0.39 is 11.0 Å². The maximum Gasteiger partial charge on any atom is 0.263 e. The Morgan fingerprint density at radius 3 is 2.46 bits per heavy atom. The first-order valence-corrected chi connectivity index (χ1v) is 20.8. The first-order valence-electron chi connectivity index (χ1n) is 19.2. The van der Waals surface area contributed by atoms with Gasteiger partial charge in [0.1, 0.15) is 16.7 Å². The van der Waals surface area contributed by atoms with E-state index in [1.165, 1.54) is 30.4 Å². The normalized spacial score (nSPS) is 27.4. The van der Waals surface area contributed by atoms with Crippen LogP contribution in [0.5, 0.6) is 5.75 Å².